The molecule has 0 aliphatic heterocycles. The molecule has 20 heavy (non-hydrogen) atoms. The molecule has 0 unspecified atom stereocenters. The van der Waals surface area contributed by atoms with E-state index in [1.54, 1.807) is 6.07 Å². The van der Waals surface area contributed by atoms with Gasteiger partial charge in [0.2, 0.25) is 0 Å². The zero-order valence-electron chi connectivity index (χ0n) is 10.5. The van der Waals surface area contributed by atoms with E-state index < -0.39 is 0 Å². The van der Waals surface area contributed by atoms with Gasteiger partial charge in [-0.05, 0) is 10.8 Å². The fraction of sp³-hybridized carbons (Fsp3) is 0. The van der Waals surface area contributed by atoms with E-state index in [0.717, 1.165) is 4.70 Å². The molecule has 0 amide bonds. The molecule has 0 atom stereocenters. The van der Waals surface area contributed by atoms with Crippen molar-refractivity contribution >= 4 is 125 Å². The Hall–Kier alpha value is -0.885. The summed E-state index contributed by atoms with van der Waals surface area (Å²) < 4.78 is 1.45. The van der Waals surface area contributed by atoms with E-state index in [1.807, 2.05) is 0 Å². The Balaban J connectivity index is 2.71. The SMILES string of the molecule is [B]c1cc([B])c2c(sc3c([B])c([B])c([B])c([B])c32)c1[B]. The van der Waals surface area contributed by atoms with Crippen molar-refractivity contribution in [3.63, 3.8) is 0 Å². The smallest absolute Gasteiger partial charge is 0.114 e. The van der Waals surface area contributed by atoms with E-state index in [2.05, 4.69) is 0 Å². The molecule has 3 aromatic rings. The topological polar surface area (TPSA) is 0 Å². The van der Waals surface area contributed by atoms with Crippen LogP contribution in [0.1, 0.15) is 0 Å². The summed E-state index contributed by atoms with van der Waals surface area (Å²) in [6.07, 6.45) is 0. The maximum atomic E-state index is 6.07. The van der Waals surface area contributed by atoms with Crippen molar-refractivity contribution in [1.29, 1.82) is 0 Å². The van der Waals surface area contributed by atoms with Gasteiger partial charge in [0, 0.05) is 9.40 Å². The molecule has 2 aromatic carbocycles. The first kappa shape index (κ1) is 14.1. The van der Waals surface area contributed by atoms with Gasteiger partial charge in [-0.3, -0.25) is 0 Å². The minimum absolute atomic E-state index is 0.254. The van der Waals surface area contributed by atoms with Crippen LogP contribution in [0.3, 0.4) is 0 Å². The number of benzene rings is 2. The molecule has 14 radical (unpaired) electrons. The van der Waals surface area contributed by atoms with Crippen LogP contribution in [0.4, 0.5) is 0 Å². The Bertz CT molecular complexity index is 881. The maximum absolute atomic E-state index is 6.07. The highest BCUT2D eigenvalue weighted by molar-refractivity contribution is 7.28. The van der Waals surface area contributed by atoms with E-state index in [-0.39, 0.29) is 10.9 Å². The number of hydrogen-bond donors (Lipinski definition) is 0. The third-order valence-electron chi connectivity index (χ3n) is 3.45. The second-order valence-electron chi connectivity index (χ2n) is 4.63. The minimum atomic E-state index is 0.254. The molecule has 0 nitrogen and oxygen atoms in total. The molecule has 0 aliphatic carbocycles. The van der Waals surface area contributed by atoms with Gasteiger partial charge in [0.1, 0.15) is 54.9 Å². The standard InChI is InChI=1S/C12HB7S/c13-2-1-3(14)6(15)11-4(2)5-7(16)8(17)9(18)10(19)12(5)20-11/h1H. The summed E-state index contributed by atoms with van der Waals surface area (Å²) in [7, 11) is 41.8. The van der Waals surface area contributed by atoms with Crippen LogP contribution in [-0.4, -0.2) is 54.9 Å². The number of fused-ring (bicyclic) bond motifs is 3. The highest BCUT2D eigenvalue weighted by Crippen LogP contribution is 2.27. The predicted molar refractivity (Wildman–Crippen MR) is 97.0 cm³/mol. The van der Waals surface area contributed by atoms with Crippen LogP contribution in [0.2, 0.25) is 0 Å². The highest BCUT2D eigenvalue weighted by Gasteiger charge is 2.16. The highest BCUT2D eigenvalue weighted by atomic mass is 32.1. The van der Waals surface area contributed by atoms with Crippen molar-refractivity contribution < 1.29 is 0 Å². The van der Waals surface area contributed by atoms with E-state index in [1.165, 1.54) is 11.3 Å². The van der Waals surface area contributed by atoms with Crippen molar-refractivity contribution in [2.45, 2.75) is 0 Å². The molecule has 1 heterocycles. The van der Waals surface area contributed by atoms with Gasteiger partial charge in [-0.15, -0.1) is 27.7 Å². The summed E-state index contributed by atoms with van der Waals surface area (Å²) in [5, 5.41) is 1.39. The third kappa shape index (κ3) is 1.70. The first-order chi connectivity index (χ1) is 9.34. The van der Waals surface area contributed by atoms with Gasteiger partial charge in [0.05, 0.1) is 0 Å². The van der Waals surface area contributed by atoms with Gasteiger partial charge >= 0.3 is 0 Å². The molecule has 0 saturated heterocycles. The molecule has 8 heteroatoms. The van der Waals surface area contributed by atoms with E-state index in [9.17, 15) is 0 Å². The first-order valence-corrected chi connectivity index (χ1v) is 6.57. The second kappa shape index (κ2) is 4.56. The Kier molecular flexibility index (Phi) is 3.21. The average molecular weight is 253 g/mol. The minimum Gasteiger partial charge on any atom is -0.137 e. The molecular weight excluding hydrogens is 252 g/mol. The van der Waals surface area contributed by atoms with Crippen molar-refractivity contribution in [2.24, 2.45) is 0 Å². The quantitative estimate of drug-likeness (QED) is 0.355. The Morgan fingerprint density at radius 3 is 1.75 bits per heavy atom. The van der Waals surface area contributed by atoms with Gasteiger partial charge in [0.25, 0.3) is 0 Å². The molecule has 3 rings (SSSR count). The maximum Gasteiger partial charge on any atom is 0.114 e. The summed E-state index contributed by atoms with van der Waals surface area (Å²) >= 11 is 1.35. The molecule has 0 bridgehead atoms. The summed E-state index contributed by atoms with van der Waals surface area (Å²) in [4.78, 5) is 0. The lowest BCUT2D eigenvalue weighted by Crippen LogP contribution is -2.47. The van der Waals surface area contributed by atoms with Gasteiger partial charge in [-0.1, -0.05) is 27.9 Å². The van der Waals surface area contributed by atoms with Crippen LogP contribution in [0.5, 0.6) is 0 Å². The monoisotopic (exact) mass is 254 g/mol. The van der Waals surface area contributed by atoms with Gasteiger partial charge in [0.15, 0.2) is 0 Å². The Morgan fingerprint density at radius 1 is 0.550 bits per heavy atom. The van der Waals surface area contributed by atoms with Gasteiger partial charge < -0.3 is 0 Å². The zero-order chi connectivity index (χ0) is 14.8. The van der Waals surface area contributed by atoms with Crippen molar-refractivity contribution in [3.8, 4) is 0 Å². The lowest BCUT2D eigenvalue weighted by molar-refractivity contribution is 2.09. The van der Waals surface area contributed by atoms with Crippen LogP contribution in [0, 0.1) is 0 Å². The predicted octanol–water partition coefficient (Wildman–Crippen LogP) is -4.39. The summed E-state index contributed by atoms with van der Waals surface area (Å²) in [6.45, 7) is 0. The van der Waals surface area contributed by atoms with E-state index in [0.29, 0.717) is 42.8 Å². The Labute approximate surface area is 130 Å². The van der Waals surface area contributed by atoms with E-state index >= 15 is 0 Å². The third-order valence-corrected chi connectivity index (χ3v) is 4.70. The largest absolute Gasteiger partial charge is 0.137 e. The van der Waals surface area contributed by atoms with Crippen molar-refractivity contribution in [1.82, 2.24) is 0 Å². The molecule has 1 aromatic heterocycles. The number of rotatable bonds is 0. The summed E-state index contributed by atoms with van der Waals surface area (Å²) in [5.41, 5.74) is 2.61. The first-order valence-electron chi connectivity index (χ1n) is 5.76. The lowest BCUT2D eigenvalue weighted by Gasteiger charge is -2.14. The number of hydrogen-bond acceptors (Lipinski definition) is 1. The molecule has 0 fully saturated rings. The van der Waals surface area contributed by atoms with Crippen LogP contribution < -0.4 is 38.2 Å². The van der Waals surface area contributed by atoms with Gasteiger partial charge in [-0.25, -0.2) is 0 Å². The summed E-state index contributed by atoms with van der Waals surface area (Å²) in [5.74, 6) is 0. The molecule has 0 saturated carbocycles. The van der Waals surface area contributed by atoms with Crippen LogP contribution >= 0.6 is 11.3 Å². The molecule has 76 valence electrons. The Morgan fingerprint density at radius 2 is 1.10 bits per heavy atom. The molecule has 0 spiro atoms. The second-order valence-corrected chi connectivity index (χ2v) is 5.65. The normalized spacial score (nSPS) is 11.4. The molecular formula is C12HB7S. The van der Waals surface area contributed by atoms with Crippen LogP contribution in [0.15, 0.2) is 6.07 Å². The van der Waals surface area contributed by atoms with Gasteiger partial charge in [-0.2, -0.15) is 0 Å². The zero-order valence-corrected chi connectivity index (χ0v) is 11.3. The van der Waals surface area contributed by atoms with Crippen molar-refractivity contribution in [2.75, 3.05) is 0 Å². The van der Waals surface area contributed by atoms with E-state index in [4.69, 9.17) is 54.9 Å². The fourth-order valence-corrected chi connectivity index (χ4v) is 3.63. The summed E-state index contributed by atoms with van der Waals surface area (Å²) in [6, 6.07) is 1.60. The molecule has 0 N–H and O–H groups in total. The average Bonchev–Trinajstić information content (AvgIpc) is 2.81. The van der Waals surface area contributed by atoms with Crippen LogP contribution in [-0.2, 0) is 0 Å². The lowest BCUT2D eigenvalue weighted by atomic mass is 9.65. The molecule has 0 aliphatic rings. The van der Waals surface area contributed by atoms with Crippen molar-refractivity contribution in [3.05, 3.63) is 6.07 Å². The van der Waals surface area contributed by atoms with Crippen LogP contribution in [0.25, 0.3) is 20.2 Å². The number of thiophene rings is 1. The fourth-order valence-electron chi connectivity index (χ4n) is 2.34.